The van der Waals surface area contributed by atoms with Gasteiger partial charge in [0.25, 0.3) is 0 Å². The normalized spacial score (nSPS) is 15.3. The maximum Gasteiger partial charge on any atom is 0.227 e. The number of piperazine rings is 1. The number of benzene rings is 1. The third kappa shape index (κ3) is 4.51. The molecule has 0 aliphatic carbocycles. The molecule has 3 heterocycles. The standard InChI is InChI=1S/C24H30N4O/c1-19(2)28-18-21(22-5-3-4-6-23(22)28)17-24(29)27-15-13-26(14-16-27)12-9-20-7-10-25-11-8-20/h3-8,10-11,18-19H,9,12-17H2,1-2H3. The number of nitrogens with zero attached hydrogens (tertiary/aromatic N) is 4. The molecule has 2 aromatic heterocycles. The summed E-state index contributed by atoms with van der Waals surface area (Å²) >= 11 is 0. The summed E-state index contributed by atoms with van der Waals surface area (Å²) < 4.78 is 2.27. The zero-order valence-electron chi connectivity index (χ0n) is 17.4. The van der Waals surface area contributed by atoms with E-state index in [2.05, 4.69) is 70.9 Å². The third-order valence-electron chi connectivity index (χ3n) is 5.91. The Bertz CT molecular complexity index is 955. The fourth-order valence-corrected chi connectivity index (χ4v) is 4.18. The lowest BCUT2D eigenvalue weighted by atomic mass is 10.1. The molecular weight excluding hydrogens is 360 g/mol. The fourth-order valence-electron chi connectivity index (χ4n) is 4.18. The molecule has 1 aliphatic heterocycles. The Morgan fingerprint density at radius 2 is 1.76 bits per heavy atom. The molecule has 29 heavy (non-hydrogen) atoms. The highest BCUT2D eigenvalue weighted by molar-refractivity contribution is 5.89. The maximum atomic E-state index is 13.0. The van der Waals surface area contributed by atoms with Crippen molar-refractivity contribution in [1.29, 1.82) is 0 Å². The van der Waals surface area contributed by atoms with Crippen LogP contribution in [-0.4, -0.2) is 58.0 Å². The van der Waals surface area contributed by atoms with Crippen LogP contribution >= 0.6 is 0 Å². The highest BCUT2D eigenvalue weighted by Gasteiger charge is 2.22. The first-order valence-electron chi connectivity index (χ1n) is 10.6. The van der Waals surface area contributed by atoms with Crippen LogP contribution in [0.3, 0.4) is 0 Å². The first-order chi connectivity index (χ1) is 14.1. The van der Waals surface area contributed by atoms with Crippen molar-refractivity contribution in [2.45, 2.75) is 32.7 Å². The minimum absolute atomic E-state index is 0.241. The van der Waals surface area contributed by atoms with E-state index >= 15 is 0 Å². The van der Waals surface area contributed by atoms with E-state index in [0.29, 0.717) is 12.5 Å². The smallest absolute Gasteiger partial charge is 0.227 e. The van der Waals surface area contributed by atoms with Gasteiger partial charge in [0, 0.05) is 68.3 Å². The lowest BCUT2D eigenvalue weighted by molar-refractivity contribution is -0.132. The second kappa shape index (κ2) is 8.78. The molecule has 1 saturated heterocycles. The van der Waals surface area contributed by atoms with Crippen LogP contribution in [0.1, 0.15) is 31.0 Å². The summed E-state index contributed by atoms with van der Waals surface area (Å²) in [7, 11) is 0. The Morgan fingerprint density at radius 1 is 1.03 bits per heavy atom. The number of carbonyl (C=O) groups is 1. The number of pyridine rings is 1. The number of aromatic nitrogens is 2. The minimum atomic E-state index is 0.241. The van der Waals surface area contributed by atoms with Gasteiger partial charge in [0.1, 0.15) is 0 Å². The molecule has 0 N–H and O–H groups in total. The SMILES string of the molecule is CC(C)n1cc(CC(=O)N2CCN(CCc3ccncc3)CC2)c2ccccc21. The highest BCUT2D eigenvalue weighted by atomic mass is 16.2. The van der Waals surface area contributed by atoms with E-state index in [1.807, 2.05) is 17.3 Å². The van der Waals surface area contributed by atoms with Gasteiger partial charge in [-0.1, -0.05) is 18.2 Å². The molecule has 0 unspecified atom stereocenters. The molecule has 5 nitrogen and oxygen atoms in total. The number of carbonyl (C=O) groups excluding carboxylic acids is 1. The van der Waals surface area contributed by atoms with Gasteiger partial charge in [-0.2, -0.15) is 0 Å². The lowest BCUT2D eigenvalue weighted by Gasteiger charge is -2.34. The number of hydrogen-bond donors (Lipinski definition) is 0. The predicted octanol–water partition coefficient (Wildman–Crippen LogP) is 3.55. The van der Waals surface area contributed by atoms with Gasteiger partial charge >= 0.3 is 0 Å². The Hall–Kier alpha value is -2.66. The molecule has 1 fully saturated rings. The van der Waals surface area contributed by atoms with Crippen LogP contribution < -0.4 is 0 Å². The van der Waals surface area contributed by atoms with Crippen molar-refractivity contribution >= 4 is 16.8 Å². The Balaban J connectivity index is 1.34. The van der Waals surface area contributed by atoms with E-state index in [1.165, 1.54) is 16.5 Å². The minimum Gasteiger partial charge on any atom is -0.345 e. The van der Waals surface area contributed by atoms with E-state index in [0.717, 1.165) is 44.7 Å². The molecule has 0 atom stereocenters. The number of fused-ring (bicyclic) bond motifs is 1. The van der Waals surface area contributed by atoms with Gasteiger partial charge in [-0.05, 0) is 49.6 Å². The van der Waals surface area contributed by atoms with E-state index < -0.39 is 0 Å². The zero-order chi connectivity index (χ0) is 20.2. The van der Waals surface area contributed by atoms with Crippen molar-refractivity contribution in [2.75, 3.05) is 32.7 Å². The van der Waals surface area contributed by atoms with Gasteiger partial charge in [0.15, 0.2) is 0 Å². The van der Waals surface area contributed by atoms with Gasteiger partial charge in [0.05, 0.1) is 6.42 Å². The lowest BCUT2D eigenvalue weighted by Crippen LogP contribution is -2.49. The topological polar surface area (TPSA) is 41.4 Å². The van der Waals surface area contributed by atoms with E-state index in [4.69, 9.17) is 0 Å². The molecule has 3 aromatic rings. The van der Waals surface area contributed by atoms with Crippen LogP contribution in [0.25, 0.3) is 10.9 Å². The average molecular weight is 391 g/mol. The first-order valence-corrected chi connectivity index (χ1v) is 10.6. The van der Waals surface area contributed by atoms with Crippen LogP contribution in [0.15, 0.2) is 55.0 Å². The van der Waals surface area contributed by atoms with Gasteiger partial charge < -0.3 is 9.47 Å². The summed E-state index contributed by atoms with van der Waals surface area (Å²) in [5.41, 5.74) is 3.67. The van der Waals surface area contributed by atoms with Crippen LogP contribution in [0, 0.1) is 0 Å². The van der Waals surface area contributed by atoms with Gasteiger partial charge in [-0.25, -0.2) is 0 Å². The molecule has 5 heteroatoms. The zero-order valence-corrected chi connectivity index (χ0v) is 17.4. The first kappa shape index (κ1) is 19.6. The molecule has 0 spiro atoms. The van der Waals surface area contributed by atoms with Crippen molar-refractivity contribution in [3.63, 3.8) is 0 Å². The molecule has 0 radical (unpaired) electrons. The van der Waals surface area contributed by atoms with Crippen molar-refractivity contribution in [3.05, 3.63) is 66.1 Å². The number of amides is 1. The molecule has 1 aliphatic rings. The molecule has 1 aromatic carbocycles. The Morgan fingerprint density at radius 3 is 2.48 bits per heavy atom. The van der Waals surface area contributed by atoms with Crippen LogP contribution in [-0.2, 0) is 17.6 Å². The Labute approximate surface area is 172 Å². The summed E-state index contributed by atoms with van der Waals surface area (Å²) in [4.78, 5) is 21.5. The highest BCUT2D eigenvalue weighted by Crippen LogP contribution is 2.25. The summed E-state index contributed by atoms with van der Waals surface area (Å²) in [6.45, 7) is 8.94. The summed E-state index contributed by atoms with van der Waals surface area (Å²) in [6, 6.07) is 12.9. The van der Waals surface area contributed by atoms with Crippen molar-refractivity contribution in [1.82, 2.24) is 19.4 Å². The number of rotatable bonds is 6. The average Bonchev–Trinajstić information content (AvgIpc) is 3.12. The number of para-hydroxylation sites is 1. The molecule has 152 valence electrons. The molecule has 4 rings (SSSR count). The van der Waals surface area contributed by atoms with E-state index in [1.54, 1.807) is 0 Å². The summed E-state index contributed by atoms with van der Waals surface area (Å²) in [6.07, 6.45) is 7.38. The molecule has 0 bridgehead atoms. The second-order valence-corrected chi connectivity index (χ2v) is 8.18. The summed E-state index contributed by atoms with van der Waals surface area (Å²) in [5, 5.41) is 1.20. The third-order valence-corrected chi connectivity index (χ3v) is 5.91. The summed E-state index contributed by atoms with van der Waals surface area (Å²) in [5.74, 6) is 0.241. The van der Waals surface area contributed by atoms with Crippen LogP contribution in [0.4, 0.5) is 0 Å². The predicted molar refractivity (Wildman–Crippen MR) is 117 cm³/mol. The van der Waals surface area contributed by atoms with E-state index in [9.17, 15) is 4.79 Å². The van der Waals surface area contributed by atoms with Crippen molar-refractivity contribution in [2.24, 2.45) is 0 Å². The molecular formula is C24H30N4O. The molecule has 1 amide bonds. The quantitative estimate of drug-likeness (QED) is 0.646. The van der Waals surface area contributed by atoms with Crippen LogP contribution in [0.5, 0.6) is 0 Å². The van der Waals surface area contributed by atoms with Crippen molar-refractivity contribution in [3.8, 4) is 0 Å². The van der Waals surface area contributed by atoms with E-state index in [-0.39, 0.29) is 5.91 Å². The van der Waals surface area contributed by atoms with Crippen LogP contribution in [0.2, 0.25) is 0 Å². The monoisotopic (exact) mass is 390 g/mol. The second-order valence-electron chi connectivity index (χ2n) is 8.18. The Kier molecular flexibility index (Phi) is 5.95. The van der Waals surface area contributed by atoms with Gasteiger partial charge in [0.2, 0.25) is 5.91 Å². The maximum absolute atomic E-state index is 13.0. The number of hydrogen-bond acceptors (Lipinski definition) is 3. The van der Waals surface area contributed by atoms with Gasteiger partial charge in [-0.3, -0.25) is 14.7 Å². The fraction of sp³-hybridized carbons (Fsp3) is 0.417. The van der Waals surface area contributed by atoms with Crippen molar-refractivity contribution < 1.29 is 4.79 Å². The largest absolute Gasteiger partial charge is 0.345 e. The van der Waals surface area contributed by atoms with Gasteiger partial charge in [-0.15, -0.1) is 0 Å². The molecule has 0 saturated carbocycles.